The number of nitrogens with zero attached hydrogens (tertiary/aromatic N) is 2. The molecule has 0 bridgehead atoms. The molecule has 1 aliphatic carbocycles. The Labute approximate surface area is 156 Å². The second-order valence-corrected chi connectivity index (χ2v) is 8.56. The molecule has 0 spiro atoms. The normalized spacial score (nSPS) is 24.5. The fraction of sp³-hybridized carbons (Fsp3) is 0.667. The molecule has 0 radical (unpaired) electrons. The van der Waals surface area contributed by atoms with Gasteiger partial charge in [-0.25, -0.2) is 4.79 Å². The molecule has 2 fully saturated rings. The van der Waals surface area contributed by atoms with Crippen LogP contribution in [0.5, 0.6) is 0 Å². The number of amides is 1. The second kappa shape index (κ2) is 7.87. The van der Waals surface area contributed by atoms with E-state index < -0.39 is 5.60 Å². The maximum atomic E-state index is 12.2. The minimum absolute atomic E-state index is 0.144. The predicted molar refractivity (Wildman–Crippen MR) is 104 cm³/mol. The van der Waals surface area contributed by atoms with Crippen LogP contribution in [0.2, 0.25) is 0 Å². The molecule has 1 amide bonds. The lowest BCUT2D eigenvalue weighted by molar-refractivity contribution is 0.0240. The number of piperazine rings is 1. The molecule has 1 aromatic rings. The topological polar surface area (TPSA) is 53.0 Å². The minimum atomic E-state index is -0.448. The summed E-state index contributed by atoms with van der Waals surface area (Å²) in [6, 6.07) is 8.77. The number of carbonyl (C=O) groups excluding carboxylic acids is 1. The summed E-state index contributed by atoms with van der Waals surface area (Å²) in [6.45, 7) is 8.70. The van der Waals surface area contributed by atoms with E-state index in [9.17, 15) is 9.90 Å². The van der Waals surface area contributed by atoms with Gasteiger partial charge in [-0.15, -0.1) is 0 Å². The number of ether oxygens (including phenoxy) is 1. The highest BCUT2D eigenvalue weighted by molar-refractivity contribution is 5.68. The van der Waals surface area contributed by atoms with Crippen LogP contribution in [0.1, 0.15) is 57.9 Å². The van der Waals surface area contributed by atoms with Gasteiger partial charge in [-0.1, -0.05) is 18.6 Å². The maximum Gasteiger partial charge on any atom is 0.410 e. The molecular formula is C21H32N2O3. The van der Waals surface area contributed by atoms with Gasteiger partial charge in [0, 0.05) is 31.9 Å². The number of aliphatic hydroxyl groups is 1. The standard InChI is InChI=1S/C21H32N2O3/c1-21(2,3)26-20(25)23-13-11-22(12-14-23)18-9-7-16(8-10-18)17-5-4-6-19(24)15-17/h7-10,17,19,24H,4-6,11-15H2,1-3H3. The van der Waals surface area contributed by atoms with Crippen LogP contribution in [-0.4, -0.2) is 54.0 Å². The fourth-order valence-corrected chi connectivity index (χ4v) is 3.90. The van der Waals surface area contributed by atoms with Crippen molar-refractivity contribution >= 4 is 11.8 Å². The van der Waals surface area contributed by atoms with E-state index in [-0.39, 0.29) is 12.2 Å². The summed E-state index contributed by atoms with van der Waals surface area (Å²) >= 11 is 0. The summed E-state index contributed by atoms with van der Waals surface area (Å²) in [5, 5.41) is 9.89. The number of hydrogen-bond acceptors (Lipinski definition) is 4. The highest BCUT2D eigenvalue weighted by Crippen LogP contribution is 2.33. The zero-order valence-electron chi connectivity index (χ0n) is 16.3. The van der Waals surface area contributed by atoms with Crippen molar-refractivity contribution in [2.75, 3.05) is 31.1 Å². The fourth-order valence-electron chi connectivity index (χ4n) is 3.90. The zero-order valence-corrected chi connectivity index (χ0v) is 16.3. The first-order valence-corrected chi connectivity index (χ1v) is 9.83. The molecule has 2 atom stereocenters. The summed E-state index contributed by atoms with van der Waals surface area (Å²) in [5.74, 6) is 0.483. The van der Waals surface area contributed by atoms with Crippen LogP contribution in [-0.2, 0) is 4.74 Å². The van der Waals surface area contributed by atoms with Gasteiger partial charge in [-0.05, 0) is 63.6 Å². The molecule has 1 saturated heterocycles. The number of hydrogen-bond donors (Lipinski definition) is 1. The highest BCUT2D eigenvalue weighted by Gasteiger charge is 2.26. The molecule has 144 valence electrons. The van der Waals surface area contributed by atoms with E-state index >= 15 is 0 Å². The molecule has 5 nitrogen and oxygen atoms in total. The van der Waals surface area contributed by atoms with Crippen molar-refractivity contribution < 1.29 is 14.6 Å². The average Bonchev–Trinajstić information content (AvgIpc) is 2.61. The highest BCUT2D eigenvalue weighted by atomic mass is 16.6. The summed E-state index contributed by atoms with van der Waals surface area (Å²) in [5.41, 5.74) is 2.09. The third kappa shape index (κ3) is 4.91. The van der Waals surface area contributed by atoms with E-state index in [2.05, 4.69) is 29.2 Å². The Morgan fingerprint density at radius 3 is 2.31 bits per heavy atom. The van der Waals surface area contributed by atoms with E-state index in [1.807, 2.05) is 20.8 Å². The Kier molecular flexibility index (Phi) is 5.76. The van der Waals surface area contributed by atoms with Crippen LogP contribution in [0.15, 0.2) is 24.3 Å². The van der Waals surface area contributed by atoms with Crippen molar-refractivity contribution in [1.29, 1.82) is 0 Å². The molecule has 1 saturated carbocycles. The SMILES string of the molecule is CC(C)(C)OC(=O)N1CCN(c2ccc(C3CCCC(O)C3)cc2)CC1. The largest absolute Gasteiger partial charge is 0.444 e. The monoisotopic (exact) mass is 360 g/mol. The smallest absolute Gasteiger partial charge is 0.410 e. The molecule has 2 aliphatic rings. The van der Waals surface area contributed by atoms with Gasteiger partial charge in [0.05, 0.1) is 6.10 Å². The molecule has 0 aromatic heterocycles. The van der Waals surface area contributed by atoms with Crippen molar-refractivity contribution in [3.8, 4) is 0 Å². The molecule has 1 heterocycles. The summed E-state index contributed by atoms with van der Waals surface area (Å²) in [4.78, 5) is 16.3. The van der Waals surface area contributed by atoms with Crippen molar-refractivity contribution in [2.45, 2.75) is 64.1 Å². The van der Waals surface area contributed by atoms with Crippen molar-refractivity contribution in [2.24, 2.45) is 0 Å². The predicted octanol–water partition coefficient (Wildman–Crippen LogP) is 3.76. The van der Waals surface area contributed by atoms with Crippen LogP contribution in [0.25, 0.3) is 0 Å². The number of carbonyl (C=O) groups is 1. The molecule has 1 aromatic carbocycles. The number of benzene rings is 1. The van der Waals surface area contributed by atoms with Crippen molar-refractivity contribution in [3.05, 3.63) is 29.8 Å². The third-order valence-corrected chi connectivity index (χ3v) is 5.31. The van der Waals surface area contributed by atoms with E-state index in [1.165, 1.54) is 17.7 Å². The van der Waals surface area contributed by atoms with Gasteiger partial charge < -0.3 is 19.6 Å². The second-order valence-electron chi connectivity index (χ2n) is 8.56. The summed E-state index contributed by atoms with van der Waals surface area (Å²) < 4.78 is 5.46. The van der Waals surface area contributed by atoms with Crippen LogP contribution < -0.4 is 4.90 Å². The van der Waals surface area contributed by atoms with E-state index in [0.717, 1.165) is 32.4 Å². The molecule has 26 heavy (non-hydrogen) atoms. The molecule has 1 aliphatic heterocycles. The van der Waals surface area contributed by atoms with E-state index in [0.29, 0.717) is 19.0 Å². The Hall–Kier alpha value is -1.75. The Bertz CT molecular complexity index is 601. The maximum absolute atomic E-state index is 12.2. The Morgan fingerprint density at radius 2 is 1.73 bits per heavy atom. The van der Waals surface area contributed by atoms with Crippen LogP contribution in [0, 0.1) is 0 Å². The van der Waals surface area contributed by atoms with E-state index in [4.69, 9.17) is 4.74 Å². The quantitative estimate of drug-likeness (QED) is 0.872. The Balaban J connectivity index is 1.54. The molecule has 2 unspecified atom stereocenters. The van der Waals surface area contributed by atoms with Gasteiger partial charge >= 0.3 is 6.09 Å². The van der Waals surface area contributed by atoms with Gasteiger partial charge in [0.15, 0.2) is 0 Å². The minimum Gasteiger partial charge on any atom is -0.444 e. The molecule has 1 N–H and O–H groups in total. The number of anilines is 1. The number of rotatable bonds is 2. The lowest BCUT2D eigenvalue weighted by Gasteiger charge is -2.37. The number of aliphatic hydroxyl groups excluding tert-OH is 1. The first-order chi connectivity index (χ1) is 12.3. The van der Waals surface area contributed by atoms with Crippen molar-refractivity contribution in [1.82, 2.24) is 4.90 Å². The molecule has 3 rings (SSSR count). The van der Waals surface area contributed by atoms with Crippen molar-refractivity contribution in [3.63, 3.8) is 0 Å². The van der Waals surface area contributed by atoms with Crippen LogP contribution in [0.3, 0.4) is 0 Å². The Morgan fingerprint density at radius 1 is 1.08 bits per heavy atom. The lowest BCUT2D eigenvalue weighted by Crippen LogP contribution is -2.50. The van der Waals surface area contributed by atoms with E-state index in [1.54, 1.807) is 4.90 Å². The summed E-state index contributed by atoms with van der Waals surface area (Å²) in [7, 11) is 0. The average molecular weight is 360 g/mol. The van der Waals surface area contributed by atoms with Crippen LogP contribution in [0.4, 0.5) is 10.5 Å². The molecular weight excluding hydrogens is 328 g/mol. The van der Waals surface area contributed by atoms with Gasteiger partial charge in [0.1, 0.15) is 5.60 Å². The van der Waals surface area contributed by atoms with Gasteiger partial charge in [-0.3, -0.25) is 0 Å². The zero-order chi connectivity index (χ0) is 18.7. The van der Waals surface area contributed by atoms with Gasteiger partial charge in [0.2, 0.25) is 0 Å². The summed E-state index contributed by atoms with van der Waals surface area (Å²) in [6.07, 6.45) is 3.74. The third-order valence-electron chi connectivity index (χ3n) is 5.31. The first kappa shape index (κ1) is 19.0. The lowest BCUT2D eigenvalue weighted by atomic mass is 9.82. The first-order valence-electron chi connectivity index (χ1n) is 9.83. The van der Waals surface area contributed by atoms with Crippen LogP contribution >= 0.6 is 0 Å². The van der Waals surface area contributed by atoms with Gasteiger partial charge in [-0.2, -0.15) is 0 Å². The molecule has 5 heteroatoms. The van der Waals surface area contributed by atoms with Gasteiger partial charge in [0.25, 0.3) is 0 Å².